The van der Waals surface area contributed by atoms with E-state index in [9.17, 15) is 9.46 Å². The van der Waals surface area contributed by atoms with Crippen LogP contribution in [-0.2, 0) is 19.2 Å². The zero-order valence-electron chi connectivity index (χ0n) is 9.01. The van der Waals surface area contributed by atoms with E-state index in [1.54, 1.807) is 13.8 Å². The van der Waals surface area contributed by atoms with Crippen molar-refractivity contribution < 1.29 is 18.5 Å². The van der Waals surface area contributed by atoms with Crippen molar-refractivity contribution in [3.05, 3.63) is 35.9 Å². The molecule has 1 atom stereocenters. The number of hydrogen-bond acceptors (Lipinski definition) is 3. The van der Waals surface area contributed by atoms with Crippen molar-refractivity contribution in [3.63, 3.8) is 0 Å². The van der Waals surface area contributed by atoms with Gasteiger partial charge in [0, 0.05) is 7.11 Å². The second-order valence-corrected chi connectivity index (χ2v) is 5.10. The molecule has 0 amide bonds. The molecule has 0 spiro atoms. The van der Waals surface area contributed by atoms with Gasteiger partial charge in [-0.05, 0) is 19.4 Å². The highest BCUT2D eigenvalue weighted by atomic mass is 31.2. The Labute approximate surface area is 89.5 Å². The molecule has 4 nitrogen and oxygen atoms in total. The largest absolute Gasteiger partial charge is 0.472 e. The third-order valence-electron chi connectivity index (χ3n) is 2.04. The van der Waals surface area contributed by atoms with Gasteiger partial charge in [-0.2, -0.15) is 0 Å². The standard InChI is InChI=1S/C10H15O4P/c1-10(2,14-15(11,12)13-3)9-7-5-4-6-8-9/h4-8H,1-3H3,(H,11,12). The van der Waals surface area contributed by atoms with Gasteiger partial charge in [0.05, 0.1) is 5.60 Å². The molecule has 0 aromatic heterocycles. The van der Waals surface area contributed by atoms with Crippen LogP contribution in [0.4, 0.5) is 0 Å². The van der Waals surface area contributed by atoms with E-state index in [0.717, 1.165) is 12.7 Å². The molecule has 5 heteroatoms. The van der Waals surface area contributed by atoms with Gasteiger partial charge >= 0.3 is 7.82 Å². The molecule has 1 N–H and O–H groups in total. The third kappa shape index (κ3) is 3.43. The molecule has 0 aliphatic carbocycles. The Kier molecular flexibility index (Phi) is 3.68. The maximum Gasteiger partial charge on any atom is 0.472 e. The molecule has 0 heterocycles. The minimum Gasteiger partial charge on any atom is -0.302 e. The Hall–Kier alpha value is -0.670. The van der Waals surface area contributed by atoms with Crippen LogP contribution in [0.15, 0.2) is 30.3 Å². The van der Waals surface area contributed by atoms with Crippen LogP contribution in [0, 0.1) is 0 Å². The first kappa shape index (κ1) is 12.4. The molecule has 0 radical (unpaired) electrons. The predicted molar refractivity (Wildman–Crippen MR) is 57.4 cm³/mol. The second kappa shape index (κ2) is 4.45. The van der Waals surface area contributed by atoms with Crippen molar-refractivity contribution in [2.24, 2.45) is 0 Å². The fourth-order valence-electron chi connectivity index (χ4n) is 1.22. The van der Waals surface area contributed by atoms with E-state index in [1.807, 2.05) is 30.3 Å². The summed E-state index contributed by atoms with van der Waals surface area (Å²) >= 11 is 0. The van der Waals surface area contributed by atoms with E-state index >= 15 is 0 Å². The lowest BCUT2D eigenvalue weighted by molar-refractivity contribution is 0.0547. The van der Waals surface area contributed by atoms with Gasteiger partial charge < -0.3 is 4.89 Å². The van der Waals surface area contributed by atoms with Gasteiger partial charge in [-0.1, -0.05) is 30.3 Å². The minimum atomic E-state index is -3.96. The van der Waals surface area contributed by atoms with Crippen molar-refractivity contribution in [2.45, 2.75) is 19.4 Å². The van der Waals surface area contributed by atoms with Gasteiger partial charge in [-0.3, -0.25) is 9.05 Å². The van der Waals surface area contributed by atoms with Crippen molar-refractivity contribution in [1.82, 2.24) is 0 Å². The SMILES string of the molecule is COP(=O)(O)OC(C)(C)c1ccccc1. The molecule has 0 bridgehead atoms. The minimum absolute atomic E-state index is 0.816. The maximum atomic E-state index is 11.3. The molecule has 0 saturated carbocycles. The number of rotatable bonds is 4. The molecule has 0 fully saturated rings. The summed E-state index contributed by atoms with van der Waals surface area (Å²) in [6, 6.07) is 9.21. The van der Waals surface area contributed by atoms with Gasteiger partial charge in [-0.15, -0.1) is 0 Å². The summed E-state index contributed by atoms with van der Waals surface area (Å²) in [5.41, 5.74) is -0.0435. The van der Waals surface area contributed by atoms with Crippen LogP contribution in [0.5, 0.6) is 0 Å². The Morgan fingerprint density at radius 1 is 1.27 bits per heavy atom. The van der Waals surface area contributed by atoms with Gasteiger partial charge in [0.15, 0.2) is 0 Å². The van der Waals surface area contributed by atoms with Crippen LogP contribution in [0.2, 0.25) is 0 Å². The van der Waals surface area contributed by atoms with E-state index in [2.05, 4.69) is 4.52 Å². The Balaban J connectivity index is 2.90. The van der Waals surface area contributed by atoms with E-state index in [1.165, 1.54) is 0 Å². The van der Waals surface area contributed by atoms with E-state index in [-0.39, 0.29) is 0 Å². The average molecular weight is 230 g/mol. The molecule has 1 rings (SSSR count). The lowest BCUT2D eigenvalue weighted by atomic mass is 9.99. The van der Waals surface area contributed by atoms with Crippen molar-refractivity contribution in [3.8, 4) is 0 Å². The van der Waals surface area contributed by atoms with Crippen molar-refractivity contribution in [2.75, 3.05) is 7.11 Å². The number of hydrogen-bond donors (Lipinski definition) is 1. The quantitative estimate of drug-likeness (QED) is 0.808. The lowest BCUT2D eigenvalue weighted by Gasteiger charge is -2.26. The highest BCUT2D eigenvalue weighted by Gasteiger charge is 2.32. The van der Waals surface area contributed by atoms with Gasteiger partial charge in [0.1, 0.15) is 0 Å². The fourth-order valence-corrected chi connectivity index (χ4v) is 1.97. The summed E-state index contributed by atoms with van der Waals surface area (Å²) in [7, 11) is -2.82. The normalized spacial score (nSPS) is 16.0. The predicted octanol–water partition coefficient (Wildman–Crippen LogP) is 2.69. The molecule has 1 aromatic carbocycles. The van der Waals surface area contributed by atoms with Crippen molar-refractivity contribution >= 4 is 7.82 Å². The van der Waals surface area contributed by atoms with Crippen LogP contribution in [-0.4, -0.2) is 12.0 Å². The van der Waals surface area contributed by atoms with Crippen LogP contribution in [0.1, 0.15) is 19.4 Å². The Morgan fingerprint density at radius 3 is 2.27 bits per heavy atom. The monoisotopic (exact) mass is 230 g/mol. The van der Waals surface area contributed by atoms with Gasteiger partial charge in [0.25, 0.3) is 0 Å². The van der Waals surface area contributed by atoms with E-state index in [4.69, 9.17) is 4.52 Å². The molecular formula is C10H15O4P. The molecule has 15 heavy (non-hydrogen) atoms. The van der Waals surface area contributed by atoms with Gasteiger partial charge in [0.2, 0.25) is 0 Å². The fraction of sp³-hybridized carbons (Fsp3) is 0.400. The summed E-state index contributed by atoms with van der Waals surface area (Å²) in [4.78, 5) is 9.23. The van der Waals surface area contributed by atoms with E-state index < -0.39 is 13.4 Å². The zero-order chi connectivity index (χ0) is 11.5. The van der Waals surface area contributed by atoms with Crippen LogP contribution >= 0.6 is 7.82 Å². The maximum absolute atomic E-state index is 11.3. The molecule has 0 aliphatic heterocycles. The lowest BCUT2D eigenvalue weighted by Crippen LogP contribution is -2.20. The first-order chi connectivity index (χ1) is 6.87. The summed E-state index contributed by atoms with van der Waals surface area (Å²) in [5.74, 6) is 0. The summed E-state index contributed by atoms with van der Waals surface area (Å²) in [5, 5.41) is 0. The topological polar surface area (TPSA) is 55.8 Å². The third-order valence-corrected chi connectivity index (χ3v) is 3.19. The first-order valence-electron chi connectivity index (χ1n) is 4.52. The molecule has 84 valence electrons. The van der Waals surface area contributed by atoms with Crippen LogP contribution in [0.3, 0.4) is 0 Å². The first-order valence-corrected chi connectivity index (χ1v) is 6.02. The Bertz CT molecular complexity index is 361. The second-order valence-electron chi connectivity index (χ2n) is 3.62. The number of phosphoric acid groups is 1. The van der Waals surface area contributed by atoms with E-state index in [0.29, 0.717) is 0 Å². The molecular weight excluding hydrogens is 215 g/mol. The zero-order valence-corrected chi connectivity index (χ0v) is 9.90. The van der Waals surface area contributed by atoms with Crippen LogP contribution < -0.4 is 0 Å². The number of benzene rings is 1. The molecule has 0 aliphatic rings. The Morgan fingerprint density at radius 2 is 1.80 bits per heavy atom. The molecule has 0 saturated heterocycles. The highest BCUT2D eigenvalue weighted by molar-refractivity contribution is 7.47. The highest BCUT2D eigenvalue weighted by Crippen LogP contribution is 2.49. The summed E-state index contributed by atoms with van der Waals surface area (Å²) in [6.07, 6.45) is 0. The van der Waals surface area contributed by atoms with Gasteiger partial charge in [-0.25, -0.2) is 4.57 Å². The summed E-state index contributed by atoms with van der Waals surface area (Å²) < 4.78 is 20.7. The molecule has 1 aromatic rings. The smallest absolute Gasteiger partial charge is 0.302 e. The van der Waals surface area contributed by atoms with Crippen molar-refractivity contribution in [1.29, 1.82) is 0 Å². The number of phosphoric ester groups is 1. The summed E-state index contributed by atoms with van der Waals surface area (Å²) in [6.45, 7) is 3.43. The van der Waals surface area contributed by atoms with Crippen LogP contribution in [0.25, 0.3) is 0 Å². The molecule has 1 unspecified atom stereocenters. The average Bonchev–Trinajstić information content (AvgIpc) is 2.18.